The van der Waals surface area contributed by atoms with E-state index < -0.39 is 11.9 Å². The van der Waals surface area contributed by atoms with Crippen molar-refractivity contribution in [2.75, 3.05) is 0 Å². The average Bonchev–Trinajstić information content (AvgIpc) is 1.96. The lowest BCUT2D eigenvalue weighted by atomic mass is 10.7. The molecule has 0 bridgehead atoms. The van der Waals surface area contributed by atoms with Crippen molar-refractivity contribution in [3.8, 4) is 0 Å². The lowest BCUT2D eigenvalue weighted by Crippen LogP contribution is -2.42. The molecule has 0 atom stereocenters. The number of hydrogen-bond acceptors (Lipinski definition) is 4. The minimum absolute atomic E-state index is 2.19. The number of rotatable bonds is 0. The Labute approximate surface area is 59.1 Å². The fourth-order valence-electron chi connectivity index (χ4n) is 0. The molecule has 0 radical (unpaired) electrons. The molecule has 0 saturated heterocycles. The quantitative estimate of drug-likeness (QED) is 0.293. The van der Waals surface area contributed by atoms with Crippen molar-refractivity contribution in [1.82, 2.24) is 0 Å². The van der Waals surface area contributed by atoms with Crippen molar-refractivity contribution in [2.24, 2.45) is 0 Å². The van der Waals surface area contributed by atoms with Gasteiger partial charge in [0, 0.05) is 0 Å². The van der Waals surface area contributed by atoms with E-state index in [1.165, 1.54) is 0 Å². The Kier molecular flexibility index (Phi) is 24.7. The summed E-state index contributed by atoms with van der Waals surface area (Å²) in [5, 5.41) is 17.9. The van der Waals surface area contributed by atoms with Gasteiger partial charge in [-0.15, -0.1) is 26.3 Å². The maximum absolute atomic E-state index is 8.93. The van der Waals surface area contributed by atoms with Gasteiger partial charge < -0.3 is 19.8 Å². The fraction of sp³-hybridized carbons (Fsp3) is 0. The van der Waals surface area contributed by atoms with Crippen molar-refractivity contribution in [3.63, 3.8) is 0 Å². The van der Waals surface area contributed by atoms with Crippen LogP contribution in [0.15, 0.2) is 26.3 Å². The van der Waals surface area contributed by atoms with Crippen molar-refractivity contribution in [3.05, 3.63) is 26.3 Å². The highest BCUT2D eigenvalue weighted by atomic mass is 16.4. The van der Waals surface area contributed by atoms with Gasteiger partial charge in [0.25, 0.3) is 0 Å². The first-order valence-corrected chi connectivity index (χ1v) is 2.07. The molecule has 10 heavy (non-hydrogen) atoms. The molecule has 0 aromatic heterocycles. The van der Waals surface area contributed by atoms with Gasteiger partial charge >= 0.3 is 0 Å². The van der Waals surface area contributed by atoms with E-state index in [1.54, 1.807) is 0 Å². The third-order valence-electron chi connectivity index (χ3n) is 0.167. The summed E-state index contributed by atoms with van der Waals surface area (Å²) in [5.74, 6) is -4.37. The van der Waals surface area contributed by atoms with Gasteiger partial charge in [0.1, 0.15) is 0 Å². The van der Waals surface area contributed by atoms with Gasteiger partial charge in [-0.05, 0) is 0 Å². The Bertz CT molecular complexity index is 94.3. The highest BCUT2D eigenvalue weighted by Gasteiger charge is 1.74. The number of carboxylic acids is 2. The zero-order valence-corrected chi connectivity index (χ0v) is 5.46. The molecule has 0 rings (SSSR count). The molecule has 0 aromatic carbocycles. The van der Waals surface area contributed by atoms with E-state index in [9.17, 15) is 0 Å². The number of carbonyl (C=O) groups excluding carboxylic acids is 2. The first-order valence-electron chi connectivity index (χ1n) is 2.07. The molecular formula is C6H8O4-2. The minimum Gasteiger partial charge on any atom is -0.543 e. The molecule has 0 aromatic rings. The highest BCUT2D eigenvalue weighted by Crippen LogP contribution is 1.41. The van der Waals surface area contributed by atoms with E-state index in [0.29, 0.717) is 0 Å². The van der Waals surface area contributed by atoms with E-state index in [2.05, 4.69) is 26.3 Å². The van der Waals surface area contributed by atoms with E-state index in [4.69, 9.17) is 19.8 Å². The van der Waals surface area contributed by atoms with Gasteiger partial charge in [0.15, 0.2) is 0 Å². The molecule has 0 N–H and O–H groups in total. The summed E-state index contributed by atoms with van der Waals surface area (Å²) in [6.07, 6.45) is 0. The number of carboxylic acid groups (broad SMARTS) is 2. The second-order valence-corrected chi connectivity index (χ2v) is 0.575. The van der Waals surface area contributed by atoms with Crippen LogP contribution in [0.4, 0.5) is 0 Å². The number of carbonyl (C=O) groups is 2. The molecule has 58 valence electrons. The molecule has 0 heterocycles. The molecule has 0 aliphatic heterocycles. The molecule has 0 aliphatic rings. The maximum atomic E-state index is 8.93. The lowest BCUT2D eigenvalue weighted by molar-refractivity contribution is -0.345. The van der Waals surface area contributed by atoms with Crippen LogP contribution >= 0.6 is 0 Å². The van der Waals surface area contributed by atoms with Crippen molar-refractivity contribution in [1.29, 1.82) is 0 Å². The van der Waals surface area contributed by atoms with Crippen LogP contribution in [0.5, 0.6) is 0 Å². The molecule has 0 spiro atoms. The predicted molar refractivity (Wildman–Crippen MR) is 32.5 cm³/mol. The summed E-state index contributed by atoms with van der Waals surface area (Å²) in [7, 11) is 0. The van der Waals surface area contributed by atoms with Crippen LogP contribution in [0.1, 0.15) is 0 Å². The predicted octanol–water partition coefficient (Wildman–Crippen LogP) is -1.91. The molecule has 4 heteroatoms. The number of aliphatic carboxylic acids is 2. The van der Waals surface area contributed by atoms with Gasteiger partial charge in [-0.3, -0.25) is 0 Å². The van der Waals surface area contributed by atoms with Gasteiger partial charge in [-0.25, -0.2) is 0 Å². The van der Waals surface area contributed by atoms with Crippen LogP contribution in [-0.4, -0.2) is 11.9 Å². The smallest absolute Gasteiger partial charge is 0.0870 e. The molecular weight excluding hydrogens is 136 g/mol. The maximum Gasteiger partial charge on any atom is 0.0870 e. The van der Waals surface area contributed by atoms with Gasteiger partial charge in [0.05, 0.1) is 11.9 Å². The summed E-state index contributed by atoms with van der Waals surface area (Å²) < 4.78 is 0. The molecule has 4 nitrogen and oxygen atoms in total. The monoisotopic (exact) mass is 144 g/mol. The van der Waals surface area contributed by atoms with E-state index >= 15 is 0 Å². The van der Waals surface area contributed by atoms with Crippen LogP contribution in [0, 0.1) is 0 Å². The second kappa shape index (κ2) is 15.7. The van der Waals surface area contributed by atoms with E-state index in [0.717, 1.165) is 0 Å². The van der Waals surface area contributed by atoms with Crippen LogP contribution in [0.25, 0.3) is 0 Å². The van der Waals surface area contributed by atoms with Crippen LogP contribution in [0.2, 0.25) is 0 Å². The van der Waals surface area contributed by atoms with Crippen molar-refractivity contribution >= 4 is 11.9 Å². The third-order valence-corrected chi connectivity index (χ3v) is 0.167. The molecule has 0 saturated carbocycles. The summed E-state index contributed by atoms with van der Waals surface area (Å²) in [4.78, 5) is 17.9. The Morgan fingerprint density at radius 3 is 0.900 bits per heavy atom. The summed E-state index contributed by atoms with van der Waals surface area (Å²) in [6, 6.07) is 0. The van der Waals surface area contributed by atoms with Crippen LogP contribution < -0.4 is 10.2 Å². The van der Waals surface area contributed by atoms with Crippen LogP contribution in [0.3, 0.4) is 0 Å². The Hall–Kier alpha value is -1.58. The molecule has 0 fully saturated rings. The van der Waals surface area contributed by atoms with Crippen LogP contribution in [-0.2, 0) is 9.59 Å². The SMILES string of the molecule is C=C.C=C.O=C([O-])C(=O)[O-]. The number of hydrogen-bond donors (Lipinski definition) is 0. The zero-order valence-electron chi connectivity index (χ0n) is 5.46. The Morgan fingerprint density at radius 2 is 0.900 bits per heavy atom. The van der Waals surface area contributed by atoms with Crippen molar-refractivity contribution in [2.45, 2.75) is 0 Å². The largest absolute Gasteiger partial charge is 0.543 e. The van der Waals surface area contributed by atoms with Gasteiger partial charge in [0.2, 0.25) is 0 Å². The summed E-state index contributed by atoms with van der Waals surface area (Å²) in [5.41, 5.74) is 0. The summed E-state index contributed by atoms with van der Waals surface area (Å²) >= 11 is 0. The second-order valence-electron chi connectivity index (χ2n) is 0.575. The Balaban J connectivity index is -0.000000105. The third kappa shape index (κ3) is 32.2. The molecule has 0 amide bonds. The summed E-state index contributed by atoms with van der Waals surface area (Å²) in [6.45, 7) is 12.0. The van der Waals surface area contributed by atoms with E-state index in [-0.39, 0.29) is 0 Å². The topological polar surface area (TPSA) is 80.3 Å². The highest BCUT2D eigenvalue weighted by molar-refractivity contribution is 6.25. The molecule has 0 unspecified atom stereocenters. The minimum atomic E-state index is -2.19. The molecule has 0 aliphatic carbocycles. The van der Waals surface area contributed by atoms with Crippen molar-refractivity contribution < 1.29 is 19.8 Å². The zero-order chi connectivity index (χ0) is 9.15. The Morgan fingerprint density at radius 1 is 0.800 bits per heavy atom. The van der Waals surface area contributed by atoms with E-state index in [1.807, 2.05) is 0 Å². The first kappa shape index (κ1) is 15.8. The average molecular weight is 144 g/mol. The fourth-order valence-corrected chi connectivity index (χ4v) is 0. The van der Waals surface area contributed by atoms with Gasteiger partial charge in [-0.1, -0.05) is 0 Å². The standard InChI is InChI=1S/C2H2O4.2C2H4/c3-1(4)2(5)6;2*1-2/h(H,3,4)(H,5,6);2*1-2H2/p-2. The van der Waals surface area contributed by atoms with Gasteiger partial charge in [-0.2, -0.15) is 0 Å². The first-order chi connectivity index (χ1) is 4.64. The normalized spacial score (nSPS) is 5.20. The lowest BCUT2D eigenvalue weighted by Gasteiger charge is -1.97.